The molecule has 4 rings (SSSR count). The monoisotopic (exact) mass is 422 g/mol. The van der Waals surface area contributed by atoms with Gasteiger partial charge in [-0.1, -0.05) is 12.1 Å². The molecular formula is C23H26N4O2S. The average Bonchev–Trinajstić information content (AvgIpc) is 3.36. The van der Waals surface area contributed by atoms with Crippen LogP contribution in [0, 0.1) is 0 Å². The lowest BCUT2D eigenvalue weighted by Crippen LogP contribution is -2.50. The first-order valence-electron chi connectivity index (χ1n) is 10.1. The normalized spacial score (nSPS) is 15.6. The van der Waals surface area contributed by atoms with E-state index in [2.05, 4.69) is 38.3 Å². The van der Waals surface area contributed by atoms with Gasteiger partial charge in [-0.05, 0) is 47.3 Å². The second-order valence-electron chi connectivity index (χ2n) is 7.21. The van der Waals surface area contributed by atoms with Gasteiger partial charge >= 0.3 is 0 Å². The van der Waals surface area contributed by atoms with E-state index >= 15 is 0 Å². The molecule has 30 heavy (non-hydrogen) atoms. The highest BCUT2D eigenvalue weighted by Crippen LogP contribution is 2.25. The summed E-state index contributed by atoms with van der Waals surface area (Å²) < 4.78 is 5.26. The number of carbonyl (C=O) groups excluding carboxylic acids is 1. The Balaban J connectivity index is 1.41. The number of hydrogen-bond acceptors (Lipinski definition) is 6. The van der Waals surface area contributed by atoms with Crippen LogP contribution >= 0.6 is 11.3 Å². The van der Waals surface area contributed by atoms with Crippen molar-refractivity contribution in [3.8, 4) is 5.75 Å². The minimum Gasteiger partial charge on any atom is -0.497 e. The quantitative estimate of drug-likeness (QED) is 0.632. The van der Waals surface area contributed by atoms with Crippen LogP contribution in [-0.4, -0.2) is 55.6 Å². The van der Waals surface area contributed by atoms with Crippen LogP contribution in [0.25, 0.3) is 0 Å². The zero-order valence-corrected chi connectivity index (χ0v) is 17.8. The molecule has 2 aromatic heterocycles. The van der Waals surface area contributed by atoms with Crippen molar-refractivity contribution < 1.29 is 9.53 Å². The summed E-state index contributed by atoms with van der Waals surface area (Å²) in [5.74, 6) is 0.853. The molecule has 0 aliphatic carbocycles. The number of amides is 1. The predicted octanol–water partition coefficient (Wildman–Crippen LogP) is 3.45. The molecule has 0 spiro atoms. The number of nitrogens with one attached hydrogen (secondary N) is 1. The Labute approximate surface area is 181 Å². The van der Waals surface area contributed by atoms with Crippen molar-refractivity contribution in [3.63, 3.8) is 0 Å². The Morgan fingerprint density at radius 1 is 1.13 bits per heavy atom. The second-order valence-corrected chi connectivity index (χ2v) is 8.16. The van der Waals surface area contributed by atoms with E-state index in [0.717, 1.165) is 42.4 Å². The van der Waals surface area contributed by atoms with E-state index in [1.807, 2.05) is 41.9 Å². The van der Waals surface area contributed by atoms with E-state index in [9.17, 15) is 4.79 Å². The minimum atomic E-state index is -0.0178. The first-order valence-corrected chi connectivity index (χ1v) is 11.0. The molecule has 0 radical (unpaired) electrons. The first-order chi connectivity index (χ1) is 14.7. The fraction of sp³-hybridized carbons (Fsp3) is 0.304. The van der Waals surface area contributed by atoms with Crippen LogP contribution in [0.5, 0.6) is 5.75 Å². The van der Waals surface area contributed by atoms with E-state index in [4.69, 9.17) is 4.74 Å². The van der Waals surface area contributed by atoms with Gasteiger partial charge in [-0.3, -0.25) is 14.7 Å². The Hall–Kier alpha value is -2.90. The highest BCUT2D eigenvalue weighted by molar-refractivity contribution is 7.12. The van der Waals surface area contributed by atoms with E-state index in [-0.39, 0.29) is 11.9 Å². The van der Waals surface area contributed by atoms with Gasteiger partial charge in [0.05, 0.1) is 18.0 Å². The molecule has 1 aromatic carbocycles. The Morgan fingerprint density at radius 2 is 1.93 bits per heavy atom. The number of carbonyl (C=O) groups is 1. The molecule has 0 bridgehead atoms. The number of hydrogen-bond donors (Lipinski definition) is 1. The van der Waals surface area contributed by atoms with Crippen LogP contribution in [0.4, 0.5) is 5.69 Å². The first kappa shape index (κ1) is 20.4. The standard InChI is InChI=1S/C23H26N4O2S/c1-29-20-8-6-19(7-9-20)26-11-13-27(14-12-26)21(18-4-2-10-24-16-18)17-25-23(28)22-5-3-15-30-22/h2-10,15-16,21H,11-14,17H2,1H3,(H,25,28). The van der Waals surface area contributed by atoms with Crippen LogP contribution in [0.15, 0.2) is 66.3 Å². The number of pyridine rings is 1. The van der Waals surface area contributed by atoms with Crippen molar-refractivity contribution in [2.45, 2.75) is 6.04 Å². The second kappa shape index (κ2) is 9.73. The van der Waals surface area contributed by atoms with E-state index < -0.39 is 0 Å². The summed E-state index contributed by atoms with van der Waals surface area (Å²) in [5.41, 5.74) is 2.33. The van der Waals surface area contributed by atoms with E-state index in [1.165, 1.54) is 17.0 Å². The third-order valence-electron chi connectivity index (χ3n) is 5.46. The van der Waals surface area contributed by atoms with E-state index in [1.54, 1.807) is 13.3 Å². The van der Waals surface area contributed by atoms with Crippen LogP contribution in [-0.2, 0) is 0 Å². The molecule has 0 saturated carbocycles. The van der Waals surface area contributed by atoms with Crippen LogP contribution in [0.2, 0.25) is 0 Å². The molecule has 1 aliphatic heterocycles. The fourth-order valence-electron chi connectivity index (χ4n) is 3.80. The lowest BCUT2D eigenvalue weighted by Gasteiger charge is -2.40. The molecule has 1 N–H and O–H groups in total. The maximum atomic E-state index is 12.5. The number of ether oxygens (including phenoxy) is 1. The Kier molecular flexibility index (Phi) is 6.61. The van der Waals surface area contributed by atoms with Gasteiger partial charge in [-0.25, -0.2) is 0 Å². The number of anilines is 1. The lowest BCUT2D eigenvalue weighted by molar-refractivity contribution is 0.0934. The summed E-state index contributed by atoms with van der Waals surface area (Å²) in [5, 5.41) is 5.03. The van der Waals surface area contributed by atoms with Crippen molar-refractivity contribution >= 4 is 22.9 Å². The van der Waals surface area contributed by atoms with Gasteiger partial charge < -0.3 is 15.0 Å². The summed E-state index contributed by atoms with van der Waals surface area (Å²) in [4.78, 5) is 22.3. The maximum absolute atomic E-state index is 12.5. The molecule has 1 fully saturated rings. The Bertz CT molecular complexity index is 924. The number of rotatable bonds is 7. The molecule has 156 valence electrons. The molecule has 7 heteroatoms. The van der Waals surface area contributed by atoms with E-state index in [0.29, 0.717) is 6.54 Å². The zero-order valence-electron chi connectivity index (χ0n) is 17.0. The van der Waals surface area contributed by atoms with Crippen LogP contribution in [0.3, 0.4) is 0 Å². The van der Waals surface area contributed by atoms with Gasteiger partial charge in [0, 0.05) is 50.8 Å². The van der Waals surface area contributed by atoms with Crippen LogP contribution < -0.4 is 15.0 Å². The fourth-order valence-corrected chi connectivity index (χ4v) is 4.44. The van der Waals surface area contributed by atoms with Gasteiger partial charge in [-0.2, -0.15) is 0 Å². The van der Waals surface area contributed by atoms with Gasteiger partial charge in [0.1, 0.15) is 5.75 Å². The smallest absolute Gasteiger partial charge is 0.261 e. The minimum absolute atomic E-state index is 0.0178. The molecule has 1 atom stereocenters. The third-order valence-corrected chi connectivity index (χ3v) is 6.33. The number of piperazine rings is 1. The molecular weight excluding hydrogens is 396 g/mol. The van der Waals surface area contributed by atoms with Crippen molar-refractivity contribution in [2.24, 2.45) is 0 Å². The maximum Gasteiger partial charge on any atom is 0.261 e. The highest BCUT2D eigenvalue weighted by Gasteiger charge is 2.26. The molecule has 1 unspecified atom stereocenters. The summed E-state index contributed by atoms with van der Waals surface area (Å²) in [7, 11) is 1.68. The zero-order chi connectivity index (χ0) is 20.8. The number of benzene rings is 1. The van der Waals surface area contributed by atoms with Gasteiger partial charge in [0.15, 0.2) is 0 Å². The largest absolute Gasteiger partial charge is 0.497 e. The molecule has 3 heterocycles. The summed E-state index contributed by atoms with van der Waals surface area (Å²) in [6, 6.07) is 16.1. The predicted molar refractivity (Wildman–Crippen MR) is 120 cm³/mol. The number of nitrogens with zero attached hydrogens (tertiary/aromatic N) is 3. The number of aromatic nitrogens is 1. The molecule has 1 saturated heterocycles. The SMILES string of the molecule is COc1ccc(N2CCN(C(CNC(=O)c3cccs3)c3cccnc3)CC2)cc1. The van der Waals surface area contributed by atoms with Gasteiger partial charge in [-0.15, -0.1) is 11.3 Å². The Morgan fingerprint density at radius 3 is 2.57 bits per heavy atom. The van der Waals surface area contributed by atoms with Gasteiger partial charge in [0.2, 0.25) is 0 Å². The lowest BCUT2D eigenvalue weighted by atomic mass is 10.1. The molecule has 3 aromatic rings. The van der Waals surface area contributed by atoms with Gasteiger partial charge in [0.25, 0.3) is 5.91 Å². The highest BCUT2D eigenvalue weighted by atomic mass is 32.1. The van der Waals surface area contributed by atoms with Crippen molar-refractivity contribution in [1.29, 1.82) is 0 Å². The number of methoxy groups -OCH3 is 1. The number of thiophene rings is 1. The molecule has 1 amide bonds. The summed E-state index contributed by atoms with van der Waals surface area (Å²) in [6.07, 6.45) is 3.68. The third kappa shape index (κ3) is 4.80. The van der Waals surface area contributed by atoms with Crippen molar-refractivity contribution in [3.05, 3.63) is 76.7 Å². The topological polar surface area (TPSA) is 57.7 Å². The molecule has 6 nitrogen and oxygen atoms in total. The average molecular weight is 423 g/mol. The molecule has 1 aliphatic rings. The van der Waals surface area contributed by atoms with Crippen molar-refractivity contribution in [1.82, 2.24) is 15.2 Å². The summed E-state index contributed by atoms with van der Waals surface area (Å²) >= 11 is 1.46. The van der Waals surface area contributed by atoms with Crippen LogP contribution in [0.1, 0.15) is 21.3 Å². The summed E-state index contributed by atoms with van der Waals surface area (Å²) in [6.45, 7) is 4.26. The van der Waals surface area contributed by atoms with Crippen molar-refractivity contribution in [2.75, 3.05) is 44.7 Å².